The van der Waals surface area contributed by atoms with Gasteiger partial charge in [0.15, 0.2) is 0 Å². The van der Waals surface area contributed by atoms with E-state index < -0.39 is 6.04 Å². The Bertz CT molecular complexity index is 817. The molecule has 3 N–H and O–H groups in total. The number of hydrogen-bond acceptors (Lipinski definition) is 5. The minimum Gasteiger partial charge on any atom is -0.439 e. The molecule has 1 unspecified atom stereocenters. The Kier molecular flexibility index (Phi) is 5.96. The van der Waals surface area contributed by atoms with Crippen molar-refractivity contribution in [1.29, 1.82) is 5.26 Å². The first-order chi connectivity index (χ1) is 12.2. The molecule has 2 rings (SSSR count). The molecule has 0 aliphatic heterocycles. The monoisotopic (exact) mass is 352 g/mol. The van der Waals surface area contributed by atoms with Crippen LogP contribution in [0.5, 0.6) is 11.6 Å². The van der Waals surface area contributed by atoms with Gasteiger partial charge in [-0.05, 0) is 36.1 Å². The third-order valence-corrected chi connectivity index (χ3v) is 3.91. The lowest BCUT2D eigenvalue weighted by molar-refractivity contribution is -0.117. The number of carbonyl (C=O) groups is 1. The van der Waals surface area contributed by atoms with Crippen LogP contribution in [0, 0.1) is 11.3 Å². The van der Waals surface area contributed by atoms with E-state index in [4.69, 9.17) is 15.7 Å². The van der Waals surface area contributed by atoms with Crippen LogP contribution in [0.3, 0.4) is 0 Å². The summed E-state index contributed by atoms with van der Waals surface area (Å²) >= 11 is 0. The molecule has 1 amide bonds. The van der Waals surface area contributed by atoms with Crippen LogP contribution in [-0.2, 0) is 10.2 Å². The minimum absolute atomic E-state index is 0.188. The summed E-state index contributed by atoms with van der Waals surface area (Å²) in [6.07, 6.45) is 2.09. The van der Waals surface area contributed by atoms with Crippen molar-refractivity contribution in [3.8, 4) is 17.7 Å². The molecular formula is C20H24N4O2. The van der Waals surface area contributed by atoms with E-state index in [1.807, 2.05) is 13.0 Å². The normalized spacial score (nSPS) is 12.2. The molecule has 0 saturated carbocycles. The van der Waals surface area contributed by atoms with Gasteiger partial charge >= 0.3 is 0 Å². The molecule has 6 nitrogen and oxygen atoms in total. The van der Waals surface area contributed by atoms with Gasteiger partial charge in [-0.15, -0.1) is 0 Å². The van der Waals surface area contributed by atoms with Gasteiger partial charge in [-0.1, -0.05) is 27.7 Å². The highest BCUT2D eigenvalue weighted by atomic mass is 16.5. The van der Waals surface area contributed by atoms with Gasteiger partial charge in [0, 0.05) is 11.6 Å². The molecule has 0 bridgehead atoms. The smallest absolute Gasteiger partial charge is 0.241 e. The SMILES string of the molecule is CCC(N)C(=O)Nc1ccc(Oc2ccc(C#N)cc2C(C)(C)C)nc1. The van der Waals surface area contributed by atoms with E-state index in [1.165, 1.54) is 6.20 Å². The van der Waals surface area contributed by atoms with E-state index in [1.54, 1.807) is 24.3 Å². The average Bonchev–Trinajstić information content (AvgIpc) is 2.62. The van der Waals surface area contributed by atoms with E-state index in [0.29, 0.717) is 29.3 Å². The van der Waals surface area contributed by atoms with Gasteiger partial charge in [0.25, 0.3) is 0 Å². The van der Waals surface area contributed by atoms with Gasteiger partial charge in [-0.3, -0.25) is 4.79 Å². The van der Waals surface area contributed by atoms with Crippen LogP contribution in [-0.4, -0.2) is 16.9 Å². The number of amides is 1. The molecule has 1 aromatic heterocycles. The number of benzene rings is 1. The van der Waals surface area contributed by atoms with Crippen LogP contribution in [0.1, 0.15) is 45.2 Å². The van der Waals surface area contributed by atoms with Gasteiger partial charge < -0.3 is 15.8 Å². The molecule has 136 valence electrons. The molecule has 0 aliphatic rings. The van der Waals surface area contributed by atoms with Crippen LogP contribution < -0.4 is 15.8 Å². The van der Waals surface area contributed by atoms with E-state index >= 15 is 0 Å². The van der Waals surface area contributed by atoms with E-state index in [9.17, 15) is 4.79 Å². The van der Waals surface area contributed by atoms with Crippen LogP contribution in [0.2, 0.25) is 0 Å². The lowest BCUT2D eigenvalue weighted by Gasteiger charge is -2.22. The zero-order chi connectivity index (χ0) is 19.3. The second-order valence-electron chi connectivity index (χ2n) is 7.06. The second-order valence-corrected chi connectivity index (χ2v) is 7.06. The Labute approximate surface area is 154 Å². The molecule has 0 radical (unpaired) electrons. The van der Waals surface area contributed by atoms with Crippen molar-refractivity contribution in [3.05, 3.63) is 47.7 Å². The second kappa shape index (κ2) is 7.98. The maximum absolute atomic E-state index is 11.8. The highest BCUT2D eigenvalue weighted by molar-refractivity contribution is 5.94. The van der Waals surface area contributed by atoms with Crippen molar-refractivity contribution in [2.24, 2.45) is 5.73 Å². The molecule has 6 heteroatoms. The summed E-state index contributed by atoms with van der Waals surface area (Å²) in [6, 6.07) is 10.3. The number of ether oxygens (including phenoxy) is 1. The quantitative estimate of drug-likeness (QED) is 0.854. The summed E-state index contributed by atoms with van der Waals surface area (Å²) in [6.45, 7) is 8.02. The number of nitrogens with two attached hydrogens (primary N) is 1. The third-order valence-electron chi connectivity index (χ3n) is 3.91. The van der Waals surface area contributed by atoms with Gasteiger partial charge in [0.1, 0.15) is 5.75 Å². The lowest BCUT2D eigenvalue weighted by atomic mass is 9.85. The Morgan fingerprint density at radius 3 is 2.62 bits per heavy atom. The zero-order valence-electron chi connectivity index (χ0n) is 15.5. The number of pyridine rings is 1. The summed E-state index contributed by atoms with van der Waals surface area (Å²) < 4.78 is 5.91. The van der Waals surface area contributed by atoms with Gasteiger partial charge in [0.05, 0.1) is 29.6 Å². The fraction of sp³-hybridized carbons (Fsp3) is 0.350. The molecule has 2 aromatic rings. The Morgan fingerprint density at radius 1 is 1.35 bits per heavy atom. The van der Waals surface area contributed by atoms with Crippen molar-refractivity contribution in [1.82, 2.24) is 4.98 Å². The number of nitriles is 1. The van der Waals surface area contributed by atoms with Gasteiger partial charge in [-0.2, -0.15) is 5.26 Å². The maximum atomic E-state index is 11.8. The summed E-state index contributed by atoms with van der Waals surface area (Å²) in [5.41, 5.74) is 7.57. The van der Waals surface area contributed by atoms with Crippen LogP contribution in [0.15, 0.2) is 36.5 Å². The Hall–Kier alpha value is -2.91. The van der Waals surface area contributed by atoms with Crippen LogP contribution >= 0.6 is 0 Å². The first-order valence-corrected chi connectivity index (χ1v) is 8.49. The number of carbonyl (C=O) groups excluding carboxylic acids is 1. The molecular weight excluding hydrogens is 328 g/mol. The number of nitrogens with one attached hydrogen (secondary N) is 1. The predicted molar refractivity (Wildman–Crippen MR) is 101 cm³/mol. The zero-order valence-corrected chi connectivity index (χ0v) is 15.5. The summed E-state index contributed by atoms with van der Waals surface area (Å²) in [4.78, 5) is 16.0. The van der Waals surface area contributed by atoms with Crippen LogP contribution in [0.25, 0.3) is 0 Å². The molecule has 1 atom stereocenters. The van der Waals surface area contributed by atoms with Crippen molar-refractivity contribution in [2.45, 2.75) is 45.6 Å². The lowest BCUT2D eigenvalue weighted by Crippen LogP contribution is -2.34. The standard InChI is InChI=1S/C20H24N4O2/c1-5-16(22)19(25)24-14-7-9-18(23-12-14)26-17-8-6-13(11-21)10-15(17)20(2,3)4/h6-10,12,16H,5,22H2,1-4H3,(H,24,25). The molecule has 1 heterocycles. The molecule has 1 aromatic carbocycles. The van der Waals surface area contributed by atoms with E-state index in [2.05, 4.69) is 37.1 Å². The third kappa shape index (κ3) is 4.80. The summed E-state index contributed by atoms with van der Waals surface area (Å²) in [5, 5.41) is 11.8. The number of anilines is 1. The predicted octanol–water partition coefficient (Wildman–Crippen LogP) is 3.72. The summed E-state index contributed by atoms with van der Waals surface area (Å²) in [7, 11) is 0. The Balaban J connectivity index is 2.19. The van der Waals surface area contributed by atoms with Crippen molar-refractivity contribution in [3.63, 3.8) is 0 Å². The fourth-order valence-electron chi connectivity index (χ4n) is 2.32. The fourth-order valence-corrected chi connectivity index (χ4v) is 2.32. The average molecular weight is 352 g/mol. The van der Waals surface area contributed by atoms with Crippen molar-refractivity contribution < 1.29 is 9.53 Å². The summed E-state index contributed by atoms with van der Waals surface area (Å²) in [5.74, 6) is 0.803. The Morgan fingerprint density at radius 2 is 2.08 bits per heavy atom. The van der Waals surface area contributed by atoms with E-state index in [0.717, 1.165) is 5.56 Å². The molecule has 0 saturated heterocycles. The number of rotatable bonds is 5. The molecule has 0 aliphatic carbocycles. The van der Waals surface area contributed by atoms with Gasteiger partial charge in [-0.25, -0.2) is 4.98 Å². The number of aromatic nitrogens is 1. The number of nitrogens with zero attached hydrogens (tertiary/aromatic N) is 2. The number of hydrogen-bond donors (Lipinski definition) is 2. The molecule has 0 fully saturated rings. The topological polar surface area (TPSA) is 101 Å². The molecule has 26 heavy (non-hydrogen) atoms. The molecule has 0 spiro atoms. The van der Waals surface area contributed by atoms with Gasteiger partial charge in [0.2, 0.25) is 11.8 Å². The largest absolute Gasteiger partial charge is 0.439 e. The van der Waals surface area contributed by atoms with Crippen LogP contribution in [0.4, 0.5) is 5.69 Å². The first-order valence-electron chi connectivity index (χ1n) is 8.49. The highest BCUT2D eigenvalue weighted by Gasteiger charge is 2.20. The first kappa shape index (κ1) is 19.4. The maximum Gasteiger partial charge on any atom is 0.241 e. The minimum atomic E-state index is -0.543. The van der Waals surface area contributed by atoms with E-state index in [-0.39, 0.29) is 11.3 Å². The van der Waals surface area contributed by atoms with Crippen molar-refractivity contribution in [2.75, 3.05) is 5.32 Å². The highest BCUT2D eigenvalue weighted by Crippen LogP contribution is 2.34. The van der Waals surface area contributed by atoms with Crippen molar-refractivity contribution >= 4 is 11.6 Å².